The molecule has 23 heavy (non-hydrogen) atoms. The van der Waals surface area contributed by atoms with Crippen LogP contribution < -0.4 is 14.8 Å². The zero-order valence-corrected chi connectivity index (χ0v) is 13.0. The Kier molecular flexibility index (Phi) is 5.30. The molecule has 0 bridgehead atoms. The Morgan fingerprint density at radius 2 is 1.74 bits per heavy atom. The zero-order chi connectivity index (χ0) is 16.8. The quantitative estimate of drug-likeness (QED) is 0.759. The Labute approximate surface area is 134 Å². The lowest BCUT2D eigenvalue weighted by atomic mass is 10.1. The summed E-state index contributed by atoms with van der Waals surface area (Å²) >= 11 is 0. The summed E-state index contributed by atoms with van der Waals surface area (Å²) in [6.45, 7) is 0.411. The maximum absolute atomic E-state index is 12.2. The molecule has 6 heteroatoms. The average molecular weight is 317 g/mol. The molecule has 0 unspecified atom stereocenters. The van der Waals surface area contributed by atoms with Gasteiger partial charge in [0.15, 0.2) is 11.5 Å². The van der Waals surface area contributed by atoms with Gasteiger partial charge in [0, 0.05) is 12.1 Å². The van der Waals surface area contributed by atoms with Crippen LogP contribution in [0.3, 0.4) is 0 Å². The highest BCUT2D eigenvalue weighted by Gasteiger charge is 2.15. The molecule has 3 N–H and O–H groups in total. The van der Waals surface area contributed by atoms with Crippen LogP contribution in [0.2, 0.25) is 0 Å². The summed E-state index contributed by atoms with van der Waals surface area (Å²) in [5.41, 5.74) is 1.25. The first kappa shape index (κ1) is 16.5. The molecule has 0 aliphatic rings. The molecule has 2 aromatic rings. The third-order valence-corrected chi connectivity index (χ3v) is 3.35. The van der Waals surface area contributed by atoms with Crippen molar-refractivity contribution in [3.63, 3.8) is 0 Å². The van der Waals surface area contributed by atoms with Gasteiger partial charge < -0.3 is 25.0 Å². The molecular formula is C17H19NO5. The third kappa shape index (κ3) is 4.06. The second-order valence-corrected chi connectivity index (χ2v) is 4.91. The maximum atomic E-state index is 12.2. The van der Waals surface area contributed by atoms with Gasteiger partial charge in [0.25, 0.3) is 5.91 Å². The topological polar surface area (TPSA) is 88.0 Å². The minimum atomic E-state index is -0.304. The molecule has 0 aromatic heterocycles. The van der Waals surface area contributed by atoms with Crippen LogP contribution in [0.5, 0.6) is 23.0 Å². The first-order valence-electron chi connectivity index (χ1n) is 7.06. The average Bonchev–Trinajstić information content (AvgIpc) is 2.55. The Hall–Kier alpha value is -2.89. The van der Waals surface area contributed by atoms with E-state index in [4.69, 9.17) is 9.47 Å². The molecule has 0 heterocycles. The van der Waals surface area contributed by atoms with E-state index in [9.17, 15) is 15.0 Å². The molecule has 2 rings (SSSR count). The molecule has 0 radical (unpaired) electrons. The number of ether oxygens (including phenoxy) is 2. The molecule has 2 aromatic carbocycles. The second kappa shape index (κ2) is 7.40. The van der Waals surface area contributed by atoms with Crippen LogP contribution in [0.15, 0.2) is 36.4 Å². The first-order chi connectivity index (χ1) is 11.0. The largest absolute Gasteiger partial charge is 0.508 e. The Morgan fingerprint density at radius 1 is 1.09 bits per heavy atom. The summed E-state index contributed by atoms with van der Waals surface area (Å²) in [7, 11) is 2.80. The van der Waals surface area contributed by atoms with E-state index >= 15 is 0 Å². The number of phenolic OH excluding ortho intramolecular Hbond substituents is 2. The van der Waals surface area contributed by atoms with Gasteiger partial charge in [0.2, 0.25) is 5.75 Å². The lowest BCUT2D eigenvalue weighted by Gasteiger charge is -2.11. The van der Waals surface area contributed by atoms with Crippen molar-refractivity contribution in [2.45, 2.75) is 6.42 Å². The van der Waals surface area contributed by atoms with Gasteiger partial charge in [0.05, 0.1) is 14.2 Å². The van der Waals surface area contributed by atoms with Gasteiger partial charge in [-0.1, -0.05) is 12.1 Å². The van der Waals surface area contributed by atoms with Crippen LogP contribution in [0.25, 0.3) is 0 Å². The lowest BCUT2D eigenvalue weighted by Crippen LogP contribution is -2.25. The summed E-state index contributed by atoms with van der Waals surface area (Å²) in [5, 5.41) is 22.0. The third-order valence-electron chi connectivity index (χ3n) is 3.35. The van der Waals surface area contributed by atoms with Crippen LogP contribution >= 0.6 is 0 Å². The molecule has 0 aliphatic carbocycles. The molecule has 6 nitrogen and oxygen atoms in total. The zero-order valence-electron chi connectivity index (χ0n) is 13.0. The molecule has 0 aliphatic heterocycles. The fraction of sp³-hybridized carbons (Fsp3) is 0.235. The number of phenols is 2. The summed E-state index contributed by atoms with van der Waals surface area (Å²) in [5.74, 6) is 0.0832. The number of benzene rings is 2. The first-order valence-corrected chi connectivity index (χ1v) is 7.06. The predicted molar refractivity (Wildman–Crippen MR) is 85.4 cm³/mol. The molecule has 0 atom stereocenters. The van der Waals surface area contributed by atoms with Crippen LogP contribution in [-0.2, 0) is 6.42 Å². The van der Waals surface area contributed by atoms with Gasteiger partial charge in [-0.25, -0.2) is 0 Å². The standard InChI is InChI=1S/C17H19NO5/c1-22-14-9-12(10-15(23-2)16(14)20)17(21)18-7-6-11-4-3-5-13(19)8-11/h3-5,8-10,19-20H,6-7H2,1-2H3,(H,18,21). The summed E-state index contributed by atoms with van der Waals surface area (Å²) in [6.07, 6.45) is 0.590. The van der Waals surface area contributed by atoms with Crippen LogP contribution in [-0.4, -0.2) is 36.9 Å². The molecule has 0 saturated carbocycles. The Bertz CT molecular complexity index is 674. The normalized spacial score (nSPS) is 10.2. The lowest BCUT2D eigenvalue weighted by molar-refractivity contribution is 0.0953. The van der Waals surface area contributed by atoms with Crippen molar-refractivity contribution >= 4 is 5.91 Å². The van der Waals surface area contributed by atoms with E-state index in [1.165, 1.54) is 26.4 Å². The van der Waals surface area contributed by atoms with Gasteiger partial charge in [-0.05, 0) is 36.2 Å². The van der Waals surface area contributed by atoms with E-state index in [1.54, 1.807) is 18.2 Å². The number of methoxy groups -OCH3 is 2. The number of hydrogen-bond donors (Lipinski definition) is 3. The van der Waals surface area contributed by atoms with Crippen molar-refractivity contribution in [3.8, 4) is 23.0 Å². The highest BCUT2D eigenvalue weighted by molar-refractivity contribution is 5.95. The number of aromatic hydroxyl groups is 2. The Balaban J connectivity index is 2.03. The van der Waals surface area contributed by atoms with Crippen LogP contribution in [0, 0.1) is 0 Å². The number of nitrogens with one attached hydrogen (secondary N) is 1. The van der Waals surface area contributed by atoms with Gasteiger partial charge in [0.1, 0.15) is 5.75 Å². The van der Waals surface area contributed by atoms with Crippen molar-refractivity contribution in [2.24, 2.45) is 0 Å². The van der Waals surface area contributed by atoms with Gasteiger partial charge in [-0.2, -0.15) is 0 Å². The number of carbonyl (C=O) groups is 1. The van der Waals surface area contributed by atoms with E-state index in [1.807, 2.05) is 6.07 Å². The number of hydrogen-bond acceptors (Lipinski definition) is 5. The fourth-order valence-electron chi connectivity index (χ4n) is 2.16. The fourth-order valence-corrected chi connectivity index (χ4v) is 2.16. The highest BCUT2D eigenvalue weighted by atomic mass is 16.5. The molecular weight excluding hydrogens is 298 g/mol. The summed E-state index contributed by atoms with van der Waals surface area (Å²) < 4.78 is 10.1. The number of rotatable bonds is 6. The van der Waals surface area contributed by atoms with Gasteiger partial charge in [-0.15, -0.1) is 0 Å². The van der Waals surface area contributed by atoms with E-state index in [0.717, 1.165) is 5.56 Å². The molecule has 122 valence electrons. The second-order valence-electron chi connectivity index (χ2n) is 4.91. The molecule has 0 spiro atoms. The van der Waals surface area contributed by atoms with Crippen LogP contribution in [0.4, 0.5) is 0 Å². The monoisotopic (exact) mass is 317 g/mol. The maximum Gasteiger partial charge on any atom is 0.251 e. The number of carbonyl (C=O) groups excluding carboxylic acids is 1. The van der Waals surface area contributed by atoms with Gasteiger partial charge >= 0.3 is 0 Å². The van der Waals surface area contributed by atoms with Crippen molar-refractivity contribution in [1.29, 1.82) is 0 Å². The minimum Gasteiger partial charge on any atom is -0.508 e. The molecule has 0 fully saturated rings. The Morgan fingerprint density at radius 3 is 2.30 bits per heavy atom. The molecule has 1 amide bonds. The molecule has 0 saturated heterocycles. The van der Waals surface area contributed by atoms with Crippen molar-refractivity contribution < 1.29 is 24.5 Å². The van der Waals surface area contributed by atoms with Crippen molar-refractivity contribution in [2.75, 3.05) is 20.8 Å². The van der Waals surface area contributed by atoms with E-state index < -0.39 is 0 Å². The number of amides is 1. The minimum absolute atomic E-state index is 0.147. The SMILES string of the molecule is COc1cc(C(=O)NCCc2cccc(O)c2)cc(OC)c1O. The smallest absolute Gasteiger partial charge is 0.251 e. The van der Waals surface area contributed by atoms with E-state index in [0.29, 0.717) is 18.5 Å². The van der Waals surface area contributed by atoms with Crippen LogP contribution in [0.1, 0.15) is 15.9 Å². The predicted octanol–water partition coefficient (Wildman–Crippen LogP) is 2.09. The highest BCUT2D eigenvalue weighted by Crippen LogP contribution is 2.36. The van der Waals surface area contributed by atoms with Gasteiger partial charge in [-0.3, -0.25) is 4.79 Å². The summed E-state index contributed by atoms with van der Waals surface area (Å²) in [4.78, 5) is 12.2. The van der Waals surface area contributed by atoms with E-state index in [-0.39, 0.29) is 28.9 Å². The van der Waals surface area contributed by atoms with E-state index in [2.05, 4.69) is 5.32 Å². The van der Waals surface area contributed by atoms with Crippen molar-refractivity contribution in [3.05, 3.63) is 47.5 Å². The summed E-state index contributed by atoms with van der Waals surface area (Å²) in [6, 6.07) is 9.76. The van der Waals surface area contributed by atoms with Crippen molar-refractivity contribution in [1.82, 2.24) is 5.32 Å².